The van der Waals surface area contributed by atoms with E-state index in [0.717, 1.165) is 55.5 Å². The molecule has 1 saturated heterocycles. The molecule has 1 aliphatic heterocycles. The van der Waals surface area contributed by atoms with Crippen molar-refractivity contribution in [3.8, 4) is 5.88 Å². The van der Waals surface area contributed by atoms with Crippen LogP contribution in [0.5, 0.6) is 5.88 Å². The van der Waals surface area contributed by atoms with Crippen LogP contribution >= 0.6 is 0 Å². The summed E-state index contributed by atoms with van der Waals surface area (Å²) in [6.45, 7) is 3.07. The number of hydrazone groups is 1. The molecule has 1 aliphatic carbocycles. The summed E-state index contributed by atoms with van der Waals surface area (Å²) in [6.07, 6.45) is 7.03. The summed E-state index contributed by atoms with van der Waals surface area (Å²) >= 11 is 0. The third kappa shape index (κ3) is 4.10. The fourth-order valence-corrected chi connectivity index (χ4v) is 3.87. The molecular weight excluding hydrogens is 358 g/mol. The van der Waals surface area contributed by atoms with Crippen LogP contribution in [0.2, 0.25) is 0 Å². The lowest BCUT2D eigenvalue weighted by molar-refractivity contribution is 0.114. The average molecular weight is 385 g/mol. The van der Waals surface area contributed by atoms with Crippen molar-refractivity contribution in [1.29, 1.82) is 0 Å². The van der Waals surface area contributed by atoms with Gasteiger partial charge < -0.3 is 20.2 Å². The lowest BCUT2D eigenvalue weighted by Crippen LogP contribution is -2.43. The van der Waals surface area contributed by atoms with E-state index in [9.17, 15) is 0 Å². The van der Waals surface area contributed by atoms with Crippen LogP contribution in [0.15, 0.2) is 29.5 Å². The smallest absolute Gasteiger partial charge is 0.225 e. The number of rotatable bonds is 5. The highest BCUT2D eigenvalue weighted by molar-refractivity contribution is 5.85. The number of nitrogens with zero attached hydrogens (tertiary/aromatic N) is 5. The van der Waals surface area contributed by atoms with E-state index in [4.69, 9.17) is 26.1 Å². The van der Waals surface area contributed by atoms with Gasteiger partial charge in [-0.3, -0.25) is 9.99 Å². The van der Waals surface area contributed by atoms with Gasteiger partial charge in [0.25, 0.3) is 0 Å². The number of fused-ring (bicyclic) bond motifs is 1. The minimum Gasteiger partial charge on any atom is -0.474 e. The van der Waals surface area contributed by atoms with E-state index in [2.05, 4.69) is 15.0 Å². The second-order valence-corrected chi connectivity index (χ2v) is 7.22. The third-order valence-electron chi connectivity index (χ3n) is 5.43. The second-order valence-electron chi connectivity index (χ2n) is 7.22. The molecule has 0 aromatic carbocycles. The summed E-state index contributed by atoms with van der Waals surface area (Å²) in [6, 6.07) is 6.19. The van der Waals surface area contributed by atoms with Crippen molar-refractivity contribution in [2.24, 2.45) is 16.8 Å². The van der Waals surface area contributed by atoms with Crippen LogP contribution in [0.1, 0.15) is 25.7 Å². The minimum absolute atomic E-state index is 0.107. The highest BCUT2D eigenvalue weighted by Crippen LogP contribution is 2.31. The zero-order valence-electron chi connectivity index (χ0n) is 15.9. The minimum atomic E-state index is 0.107. The van der Waals surface area contributed by atoms with E-state index >= 15 is 0 Å². The highest BCUT2D eigenvalue weighted by Gasteiger charge is 2.26. The van der Waals surface area contributed by atoms with Crippen LogP contribution in [0.4, 0.5) is 5.82 Å². The Morgan fingerprint density at radius 3 is 2.79 bits per heavy atom. The zero-order valence-corrected chi connectivity index (χ0v) is 15.9. The van der Waals surface area contributed by atoms with Gasteiger partial charge >= 0.3 is 0 Å². The Balaban J connectivity index is 1.51. The Bertz CT molecular complexity index is 817. The van der Waals surface area contributed by atoms with Crippen molar-refractivity contribution in [2.45, 2.75) is 37.8 Å². The Morgan fingerprint density at radius 1 is 1.25 bits per heavy atom. The largest absolute Gasteiger partial charge is 0.474 e. The van der Waals surface area contributed by atoms with Crippen LogP contribution in [-0.2, 0) is 4.74 Å². The highest BCUT2D eigenvalue weighted by atomic mass is 16.5. The van der Waals surface area contributed by atoms with Gasteiger partial charge in [0.15, 0.2) is 0 Å². The standard InChI is InChI=1S/C19H27N7O2/c20-23-13-26(21)14-3-5-15(6-4-14)28-19-16-2-1-7-22-17(16)12-18(24-19)25-8-10-27-11-9-25/h1-2,7,12-15H,3-6,8-11,20-21H2/b23-13-. The fraction of sp³-hybridized carbons (Fsp3) is 0.526. The van der Waals surface area contributed by atoms with E-state index in [1.165, 1.54) is 6.34 Å². The van der Waals surface area contributed by atoms with Gasteiger partial charge in [-0.25, -0.2) is 5.84 Å². The number of pyridine rings is 2. The number of anilines is 1. The van der Waals surface area contributed by atoms with Crippen molar-refractivity contribution < 1.29 is 9.47 Å². The monoisotopic (exact) mass is 385 g/mol. The fourth-order valence-electron chi connectivity index (χ4n) is 3.87. The maximum atomic E-state index is 6.36. The van der Waals surface area contributed by atoms with E-state index < -0.39 is 0 Å². The molecule has 0 atom stereocenters. The predicted octanol–water partition coefficient (Wildman–Crippen LogP) is 1.23. The second kappa shape index (κ2) is 8.57. The first-order valence-electron chi connectivity index (χ1n) is 9.76. The summed E-state index contributed by atoms with van der Waals surface area (Å²) in [4.78, 5) is 11.6. The van der Waals surface area contributed by atoms with Gasteiger partial charge in [-0.15, -0.1) is 0 Å². The predicted molar refractivity (Wildman–Crippen MR) is 108 cm³/mol. The molecule has 4 N–H and O–H groups in total. The SMILES string of the molecule is N/N=C\N(N)C1CCC(Oc2nc(N3CCOCC3)cc3ncccc23)CC1. The molecule has 150 valence electrons. The average Bonchev–Trinajstić information content (AvgIpc) is 2.75. The maximum absolute atomic E-state index is 6.36. The molecule has 3 heterocycles. The molecule has 2 aliphatic rings. The molecule has 2 aromatic heterocycles. The number of aromatic nitrogens is 2. The van der Waals surface area contributed by atoms with Crippen LogP contribution in [0.3, 0.4) is 0 Å². The molecule has 0 spiro atoms. The molecule has 9 heteroatoms. The molecule has 1 saturated carbocycles. The number of ether oxygens (including phenoxy) is 2. The molecule has 0 unspecified atom stereocenters. The van der Waals surface area contributed by atoms with Crippen LogP contribution < -0.4 is 21.3 Å². The Hall–Kier alpha value is -2.65. The Labute approximate surface area is 164 Å². The van der Waals surface area contributed by atoms with Gasteiger partial charge in [0.2, 0.25) is 5.88 Å². The molecule has 2 fully saturated rings. The van der Waals surface area contributed by atoms with Crippen LogP contribution in [0.25, 0.3) is 10.9 Å². The first-order chi connectivity index (χ1) is 13.7. The van der Waals surface area contributed by atoms with Crippen molar-refractivity contribution in [3.05, 3.63) is 24.4 Å². The molecule has 0 amide bonds. The molecule has 4 rings (SSSR count). The van der Waals surface area contributed by atoms with Gasteiger partial charge in [0.1, 0.15) is 18.3 Å². The van der Waals surface area contributed by atoms with Crippen LogP contribution in [-0.4, -0.2) is 59.8 Å². The van der Waals surface area contributed by atoms with Gasteiger partial charge in [-0.05, 0) is 37.8 Å². The van der Waals surface area contributed by atoms with E-state index in [-0.39, 0.29) is 12.1 Å². The summed E-state index contributed by atoms with van der Waals surface area (Å²) in [5.74, 6) is 12.7. The van der Waals surface area contributed by atoms with Crippen molar-refractivity contribution in [3.63, 3.8) is 0 Å². The topological polar surface area (TPSA) is 115 Å². The van der Waals surface area contributed by atoms with Crippen LogP contribution in [0, 0.1) is 0 Å². The molecule has 0 radical (unpaired) electrons. The third-order valence-corrected chi connectivity index (χ3v) is 5.43. The van der Waals surface area contributed by atoms with Crippen molar-refractivity contribution >= 4 is 23.1 Å². The van der Waals surface area contributed by atoms with Crippen molar-refractivity contribution in [2.75, 3.05) is 31.2 Å². The normalized spacial score (nSPS) is 23.2. The lowest BCUT2D eigenvalue weighted by Gasteiger charge is -2.33. The maximum Gasteiger partial charge on any atom is 0.225 e. The molecule has 9 nitrogen and oxygen atoms in total. The lowest BCUT2D eigenvalue weighted by atomic mass is 9.93. The number of hydrogen-bond acceptors (Lipinski definition) is 8. The van der Waals surface area contributed by atoms with Gasteiger partial charge in [-0.1, -0.05) is 0 Å². The molecule has 0 bridgehead atoms. The summed E-state index contributed by atoms with van der Waals surface area (Å²) in [7, 11) is 0. The quantitative estimate of drug-likeness (QED) is 0.342. The Morgan fingerprint density at radius 2 is 2.04 bits per heavy atom. The van der Waals surface area contributed by atoms with Crippen molar-refractivity contribution in [1.82, 2.24) is 15.0 Å². The zero-order chi connectivity index (χ0) is 19.3. The first-order valence-corrected chi connectivity index (χ1v) is 9.76. The van der Waals surface area contributed by atoms with Gasteiger partial charge in [0.05, 0.1) is 24.1 Å². The van der Waals surface area contributed by atoms with E-state index in [1.807, 2.05) is 18.2 Å². The summed E-state index contributed by atoms with van der Waals surface area (Å²) < 4.78 is 11.8. The Kier molecular flexibility index (Phi) is 5.73. The molecular formula is C19H27N7O2. The number of nitrogens with two attached hydrogens (primary N) is 2. The summed E-state index contributed by atoms with van der Waals surface area (Å²) in [5.41, 5.74) is 0.898. The molecule has 28 heavy (non-hydrogen) atoms. The number of morpholine rings is 1. The first kappa shape index (κ1) is 18.7. The van der Waals surface area contributed by atoms with E-state index in [1.54, 1.807) is 11.2 Å². The van der Waals surface area contributed by atoms with Gasteiger partial charge in [0, 0.05) is 31.4 Å². The number of hydrogen-bond donors (Lipinski definition) is 2. The molecule has 2 aromatic rings. The van der Waals surface area contributed by atoms with Gasteiger partial charge in [-0.2, -0.15) is 10.1 Å². The number of hydrazine groups is 1. The summed E-state index contributed by atoms with van der Waals surface area (Å²) in [5, 5.41) is 6.03. The van der Waals surface area contributed by atoms with E-state index in [0.29, 0.717) is 19.1 Å².